The molecular formula is C33H28N4O5S2. The number of aromatic nitrogens is 1. The number of thioether (sulfide) groups is 1. The minimum absolute atomic E-state index is 0.00123. The Balaban J connectivity index is 1.30. The van der Waals surface area contributed by atoms with E-state index in [1.807, 2.05) is 30.3 Å². The predicted molar refractivity (Wildman–Crippen MR) is 175 cm³/mol. The van der Waals surface area contributed by atoms with Gasteiger partial charge >= 0.3 is 0 Å². The first-order valence-corrected chi connectivity index (χ1v) is 15.2. The summed E-state index contributed by atoms with van der Waals surface area (Å²) in [5, 5.41) is 8.97. The molecule has 0 radical (unpaired) electrons. The van der Waals surface area contributed by atoms with Crippen molar-refractivity contribution in [3.05, 3.63) is 114 Å². The average molecular weight is 625 g/mol. The molecule has 5 rings (SSSR count). The molecule has 0 saturated heterocycles. The lowest BCUT2D eigenvalue weighted by Crippen LogP contribution is -2.30. The third kappa shape index (κ3) is 7.63. The average Bonchev–Trinajstić information content (AvgIpc) is 3.46. The van der Waals surface area contributed by atoms with Crippen molar-refractivity contribution in [1.29, 1.82) is 0 Å². The van der Waals surface area contributed by atoms with Gasteiger partial charge in [0.2, 0.25) is 5.91 Å². The fraction of sp³-hybridized carbons (Fsp3) is 0.0909. The monoisotopic (exact) mass is 624 g/mol. The zero-order valence-corrected chi connectivity index (χ0v) is 25.5. The summed E-state index contributed by atoms with van der Waals surface area (Å²) in [6.07, 6.45) is 1.53. The van der Waals surface area contributed by atoms with Crippen LogP contribution < -0.4 is 25.4 Å². The molecule has 4 aromatic carbocycles. The van der Waals surface area contributed by atoms with Gasteiger partial charge in [-0.15, -0.1) is 11.8 Å². The zero-order chi connectivity index (χ0) is 30.9. The summed E-state index contributed by atoms with van der Waals surface area (Å²) in [6, 6.07) is 28.7. The number of hydrogen-bond acceptors (Lipinski definition) is 8. The summed E-state index contributed by atoms with van der Waals surface area (Å²) >= 11 is 2.74. The summed E-state index contributed by atoms with van der Waals surface area (Å²) in [5.74, 6) is -0.137. The highest BCUT2D eigenvalue weighted by molar-refractivity contribution is 8.00. The Morgan fingerprint density at radius 3 is 2.41 bits per heavy atom. The second-order valence-corrected chi connectivity index (χ2v) is 11.3. The Morgan fingerprint density at radius 1 is 0.864 bits per heavy atom. The molecule has 0 bridgehead atoms. The number of carbonyl (C=O) groups is 3. The second-order valence-electron chi connectivity index (χ2n) is 9.27. The molecule has 0 aliphatic carbocycles. The quantitative estimate of drug-likeness (QED) is 0.114. The summed E-state index contributed by atoms with van der Waals surface area (Å²) in [7, 11) is 3.02. The van der Waals surface area contributed by atoms with Crippen molar-refractivity contribution in [3.63, 3.8) is 0 Å². The fourth-order valence-electron chi connectivity index (χ4n) is 4.22. The van der Waals surface area contributed by atoms with Crippen molar-refractivity contribution in [2.75, 3.05) is 30.6 Å². The van der Waals surface area contributed by atoms with Gasteiger partial charge in [0.15, 0.2) is 16.6 Å². The minimum atomic E-state index is -0.546. The largest absolute Gasteiger partial charge is 0.493 e. The number of amides is 3. The molecule has 0 aliphatic rings. The van der Waals surface area contributed by atoms with Gasteiger partial charge in [-0.25, -0.2) is 4.98 Å². The number of rotatable bonds is 11. The van der Waals surface area contributed by atoms with Crippen molar-refractivity contribution in [3.8, 4) is 11.5 Å². The van der Waals surface area contributed by atoms with Gasteiger partial charge in [-0.2, -0.15) is 0 Å². The number of fused-ring (bicyclic) bond motifs is 1. The summed E-state index contributed by atoms with van der Waals surface area (Å²) < 4.78 is 11.9. The second kappa shape index (κ2) is 14.4. The molecule has 0 aliphatic heterocycles. The summed E-state index contributed by atoms with van der Waals surface area (Å²) in [5.41, 5.74) is 2.25. The van der Waals surface area contributed by atoms with Crippen LogP contribution in [0.1, 0.15) is 15.9 Å². The van der Waals surface area contributed by atoms with Gasteiger partial charge in [0, 0.05) is 21.7 Å². The van der Waals surface area contributed by atoms with Crippen LogP contribution in [0.3, 0.4) is 0 Å². The lowest BCUT2D eigenvalue weighted by Gasteiger charge is -2.14. The lowest BCUT2D eigenvalue weighted by molar-refractivity contribution is -0.114. The molecule has 5 aromatic rings. The van der Waals surface area contributed by atoms with Crippen LogP contribution in [0.5, 0.6) is 11.5 Å². The number of anilines is 2. The maximum atomic E-state index is 13.5. The molecule has 0 atom stereocenters. The van der Waals surface area contributed by atoms with Crippen LogP contribution in [0.2, 0.25) is 0 Å². The molecule has 1 heterocycles. The number of ether oxygens (including phenoxy) is 2. The van der Waals surface area contributed by atoms with Crippen LogP contribution in [-0.4, -0.2) is 42.7 Å². The topological polar surface area (TPSA) is 119 Å². The fourth-order valence-corrected chi connectivity index (χ4v) is 5.85. The van der Waals surface area contributed by atoms with Crippen molar-refractivity contribution >= 4 is 67.9 Å². The number of nitrogens with zero attached hydrogens (tertiary/aromatic N) is 1. The maximum absolute atomic E-state index is 13.5. The van der Waals surface area contributed by atoms with E-state index in [0.717, 1.165) is 15.1 Å². The highest BCUT2D eigenvalue weighted by Gasteiger charge is 2.18. The van der Waals surface area contributed by atoms with Crippen LogP contribution >= 0.6 is 23.1 Å². The molecule has 3 amide bonds. The number of hydrogen-bond donors (Lipinski definition) is 3. The van der Waals surface area contributed by atoms with E-state index in [9.17, 15) is 14.4 Å². The predicted octanol–water partition coefficient (Wildman–Crippen LogP) is 6.45. The summed E-state index contributed by atoms with van der Waals surface area (Å²) in [6.45, 7) is 0. The van der Waals surface area contributed by atoms with Crippen LogP contribution in [0.25, 0.3) is 16.3 Å². The van der Waals surface area contributed by atoms with Crippen LogP contribution in [0, 0.1) is 0 Å². The Kier molecular flexibility index (Phi) is 9.90. The van der Waals surface area contributed by atoms with Gasteiger partial charge in [-0.05, 0) is 54.6 Å². The highest BCUT2D eigenvalue weighted by atomic mass is 32.2. The van der Waals surface area contributed by atoms with E-state index in [0.29, 0.717) is 33.4 Å². The molecule has 9 nitrogen and oxygen atoms in total. The van der Waals surface area contributed by atoms with E-state index in [1.165, 1.54) is 43.4 Å². The van der Waals surface area contributed by atoms with Crippen LogP contribution in [-0.2, 0) is 9.59 Å². The molecule has 3 N–H and O–H groups in total. The molecule has 222 valence electrons. The lowest BCUT2D eigenvalue weighted by atomic mass is 10.1. The van der Waals surface area contributed by atoms with Gasteiger partial charge in [-0.3, -0.25) is 14.4 Å². The van der Waals surface area contributed by atoms with E-state index in [4.69, 9.17) is 9.47 Å². The van der Waals surface area contributed by atoms with Gasteiger partial charge < -0.3 is 25.4 Å². The Hall–Kier alpha value is -5.13. The van der Waals surface area contributed by atoms with Crippen LogP contribution in [0.15, 0.2) is 108 Å². The van der Waals surface area contributed by atoms with Crippen molar-refractivity contribution in [1.82, 2.24) is 10.3 Å². The smallest absolute Gasteiger partial charge is 0.272 e. The van der Waals surface area contributed by atoms with E-state index in [2.05, 4.69) is 20.9 Å². The highest BCUT2D eigenvalue weighted by Crippen LogP contribution is 2.32. The van der Waals surface area contributed by atoms with Crippen molar-refractivity contribution < 1.29 is 23.9 Å². The minimum Gasteiger partial charge on any atom is -0.493 e. The number of para-hydroxylation sites is 2. The number of methoxy groups -OCH3 is 2. The number of carbonyl (C=O) groups excluding carboxylic acids is 3. The van der Waals surface area contributed by atoms with E-state index in [1.54, 1.807) is 66.7 Å². The Morgan fingerprint density at radius 2 is 1.64 bits per heavy atom. The molecular weight excluding hydrogens is 597 g/mol. The van der Waals surface area contributed by atoms with Crippen molar-refractivity contribution in [2.45, 2.75) is 4.90 Å². The Labute approximate surface area is 262 Å². The van der Waals surface area contributed by atoms with Gasteiger partial charge in [0.05, 0.1) is 30.2 Å². The first-order chi connectivity index (χ1) is 21.4. The molecule has 11 heteroatoms. The molecule has 0 spiro atoms. The number of benzene rings is 4. The number of nitrogens with one attached hydrogen (secondary N) is 3. The SMILES string of the molecule is COc1cccc(/C=C(/NC(=O)c2ccccc2)C(=O)Nc2cccc(SCC(=O)Nc3nc4ccccc4s3)c2)c1OC. The van der Waals surface area contributed by atoms with Crippen LogP contribution in [0.4, 0.5) is 10.8 Å². The molecule has 44 heavy (non-hydrogen) atoms. The maximum Gasteiger partial charge on any atom is 0.272 e. The molecule has 0 saturated carbocycles. The Bertz CT molecular complexity index is 1810. The van der Waals surface area contributed by atoms with Gasteiger partial charge in [0.1, 0.15) is 5.70 Å². The van der Waals surface area contributed by atoms with E-state index < -0.39 is 11.8 Å². The first-order valence-electron chi connectivity index (χ1n) is 13.4. The van der Waals surface area contributed by atoms with Crippen molar-refractivity contribution in [2.24, 2.45) is 0 Å². The summed E-state index contributed by atoms with van der Waals surface area (Å²) in [4.78, 5) is 44.4. The van der Waals surface area contributed by atoms with Gasteiger partial charge in [0.25, 0.3) is 11.8 Å². The standard InChI is InChI=1S/C33H28N4O5S2/c1-41-27-16-8-12-22(30(27)42-2)18-26(35-31(39)21-10-4-3-5-11-21)32(40)34-23-13-9-14-24(19-23)43-20-29(38)37-33-36-25-15-6-7-17-28(25)44-33/h3-19H,20H2,1-2H3,(H,34,40)(H,35,39)(H,36,37,38)/b26-18+. The zero-order valence-electron chi connectivity index (χ0n) is 23.8. The first kappa shape index (κ1) is 30.3. The normalized spacial score (nSPS) is 11.1. The molecule has 0 fully saturated rings. The number of thiazole rings is 1. The van der Waals surface area contributed by atoms with E-state index in [-0.39, 0.29) is 17.4 Å². The molecule has 1 aromatic heterocycles. The molecule has 0 unspecified atom stereocenters. The van der Waals surface area contributed by atoms with Gasteiger partial charge in [-0.1, -0.05) is 59.9 Å². The van der Waals surface area contributed by atoms with E-state index >= 15 is 0 Å². The third-order valence-corrected chi connectivity index (χ3v) is 8.21. The third-order valence-electron chi connectivity index (χ3n) is 6.26.